The minimum atomic E-state index is -0.373. The van der Waals surface area contributed by atoms with Crippen molar-refractivity contribution in [1.29, 1.82) is 0 Å². The third-order valence-electron chi connectivity index (χ3n) is 4.25. The van der Waals surface area contributed by atoms with Gasteiger partial charge in [-0.05, 0) is 38.9 Å². The van der Waals surface area contributed by atoms with Gasteiger partial charge in [-0.15, -0.1) is 0 Å². The largest absolute Gasteiger partial charge is 0.507 e. The number of benzene rings is 1. The first-order valence-corrected chi connectivity index (χ1v) is 8.21. The number of hydrogen-bond donors (Lipinski definition) is 1. The zero-order valence-electron chi connectivity index (χ0n) is 14.3. The fraction of sp³-hybridized carbons (Fsp3) is 0.556. The zero-order chi connectivity index (χ0) is 16.4. The molecule has 1 aliphatic rings. The van der Waals surface area contributed by atoms with E-state index >= 15 is 0 Å². The first-order chi connectivity index (χ1) is 10.5. The molecule has 2 aromatic rings. The van der Waals surface area contributed by atoms with Crippen LogP contribution in [0.15, 0.2) is 12.1 Å². The second-order valence-corrected chi connectivity index (χ2v) is 6.01. The molecule has 2 heterocycles. The van der Waals surface area contributed by atoms with Gasteiger partial charge < -0.3 is 14.6 Å². The summed E-state index contributed by atoms with van der Waals surface area (Å²) in [5.74, 6) is -0.304. The van der Waals surface area contributed by atoms with Crippen molar-refractivity contribution in [3.63, 3.8) is 0 Å². The number of halogens is 1. The van der Waals surface area contributed by atoms with Crippen LogP contribution in [0.4, 0.5) is 4.39 Å². The van der Waals surface area contributed by atoms with Crippen LogP contribution in [0.5, 0.6) is 5.75 Å². The van der Waals surface area contributed by atoms with E-state index in [1.54, 1.807) is 6.07 Å². The molecule has 122 valence electrons. The molecular weight excluding hydrogens is 279 g/mol. The Morgan fingerprint density at radius 3 is 2.41 bits per heavy atom. The normalized spacial score (nSPS) is 15.4. The van der Waals surface area contributed by atoms with Crippen molar-refractivity contribution in [2.75, 3.05) is 20.1 Å². The Hall–Kier alpha value is -1.55. The Balaban J connectivity index is 0.000000847. The number of aromatic nitrogens is 1. The highest BCUT2D eigenvalue weighted by Gasteiger charge is 2.24. The quantitative estimate of drug-likeness (QED) is 0.858. The molecule has 3 rings (SSSR count). The molecule has 0 bridgehead atoms. The van der Waals surface area contributed by atoms with E-state index in [-0.39, 0.29) is 17.6 Å². The Bertz CT molecular complexity index is 661. The molecule has 4 heteroatoms. The van der Waals surface area contributed by atoms with Crippen molar-refractivity contribution in [1.82, 2.24) is 9.47 Å². The van der Waals surface area contributed by atoms with Crippen molar-refractivity contribution in [3.8, 4) is 5.75 Å². The van der Waals surface area contributed by atoms with Crippen LogP contribution in [0.3, 0.4) is 0 Å². The molecule has 1 aromatic heterocycles. The van der Waals surface area contributed by atoms with Crippen LogP contribution in [0.2, 0.25) is 0 Å². The van der Waals surface area contributed by atoms with Crippen molar-refractivity contribution in [2.24, 2.45) is 0 Å². The number of nitrogens with zero attached hydrogens (tertiary/aromatic N) is 2. The lowest BCUT2D eigenvalue weighted by Crippen LogP contribution is -2.21. The van der Waals surface area contributed by atoms with E-state index in [4.69, 9.17) is 0 Å². The summed E-state index contributed by atoms with van der Waals surface area (Å²) in [5.41, 5.74) is 3.27. The molecule has 1 aliphatic heterocycles. The maximum atomic E-state index is 13.7. The van der Waals surface area contributed by atoms with Crippen LogP contribution in [-0.2, 0) is 12.8 Å². The van der Waals surface area contributed by atoms with Crippen LogP contribution in [-0.4, -0.2) is 34.7 Å². The van der Waals surface area contributed by atoms with Gasteiger partial charge in [0.05, 0.1) is 5.52 Å². The van der Waals surface area contributed by atoms with Gasteiger partial charge in [0.1, 0.15) is 11.6 Å². The van der Waals surface area contributed by atoms with Crippen LogP contribution in [0.25, 0.3) is 10.9 Å². The fourth-order valence-electron chi connectivity index (χ4n) is 3.35. The Morgan fingerprint density at radius 2 is 1.77 bits per heavy atom. The minimum absolute atomic E-state index is 0.0696. The van der Waals surface area contributed by atoms with Gasteiger partial charge in [0.2, 0.25) is 0 Å². The van der Waals surface area contributed by atoms with Crippen LogP contribution < -0.4 is 0 Å². The molecule has 1 N–H and O–H groups in total. The lowest BCUT2D eigenvalue weighted by atomic mass is 10.1. The van der Waals surface area contributed by atoms with Crippen LogP contribution in [0, 0.1) is 5.82 Å². The van der Waals surface area contributed by atoms with Gasteiger partial charge in [-0.2, -0.15) is 0 Å². The lowest BCUT2D eigenvalue weighted by Gasteiger charge is -2.16. The molecule has 22 heavy (non-hydrogen) atoms. The van der Waals surface area contributed by atoms with E-state index in [1.165, 1.54) is 17.3 Å². The van der Waals surface area contributed by atoms with Crippen molar-refractivity contribution in [3.05, 3.63) is 29.2 Å². The summed E-state index contributed by atoms with van der Waals surface area (Å²) >= 11 is 0. The maximum absolute atomic E-state index is 13.7. The SMILES string of the molecule is CC.CC(C)n1c2c(c3c(O)cc(F)cc31)CCN(C)CC2. The van der Waals surface area contributed by atoms with Gasteiger partial charge >= 0.3 is 0 Å². The van der Waals surface area contributed by atoms with Gasteiger partial charge in [-0.1, -0.05) is 13.8 Å². The summed E-state index contributed by atoms with van der Waals surface area (Å²) in [6, 6.07) is 3.03. The molecule has 0 aliphatic carbocycles. The number of phenolic OH excluding ortho intramolecular Hbond substituents is 1. The predicted octanol–water partition coefficient (Wildman–Crippen LogP) is 4.12. The second-order valence-electron chi connectivity index (χ2n) is 6.01. The molecule has 0 amide bonds. The van der Waals surface area contributed by atoms with E-state index in [0.717, 1.165) is 36.8 Å². The van der Waals surface area contributed by atoms with Crippen molar-refractivity contribution < 1.29 is 9.50 Å². The number of phenols is 1. The van der Waals surface area contributed by atoms with Gasteiger partial charge in [-0.25, -0.2) is 4.39 Å². The molecule has 0 fully saturated rings. The smallest absolute Gasteiger partial charge is 0.129 e. The summed E-state index contributed by atoms with van der Waals surface area (Å²) in [4.78, 5) is 2.30. The van der Waals surface area contributed by atoms with Crippen molar-refractivity contribution >= 4 is 10.9 Å². The van der Waals surface area contributed by atoms with Crippen LogP contribution >= 0.6 is 0 Å². The fourth-order valence-corrected chi connectivity index (χ4v) is 3.35. The summed E-state index contributed by atoms with van der Waals surface area (Å²) in [6.45, 7) is 10.2. The summed E-state index contributed by atoms with van der Waals surface area (Å²) in [7, 11) is 2.12. The summed E-state index contributed by atoms with van der Waals surface area (Å²) < 4.78 is 15.9. The summed E-state index contributed by atoms with van der Waals surface area (Å²) in [5, 5.41) is 11.0. The highest BCUT2D eigenvalue weighted by atomic mass is 19.1. The molecular formula is C18H27FN2O. The number of aromatic hydroxyl groups is 1. The average Bonchev–Trinajstić information content (AvgIpc) is 2.67. The zero-order valence-corrected chi connectivity index (χ0v) is 14.3. The molecule has 3 nitrogen and oxygen atoms in total. The molecule has 0 unspecified atom stereocenters. The Labute approximate surface area is 132 Å². The number of rotatable bonds is 1. The first kappa shape index (κ1) is 16.8. The van der Waals surface area contributed by atoms with Gasteiger partial charge in [0, 0.05) is 42.7 Å². The Kier molecular flexibility index (Phi) is 5.12. The second kappa shape index (κ2) is 6.69. The topological polar surface area (TPSA) is 28.4 Å². The molecule has 0 spiro atoms. The standard InChI is InChI=1S/C16H21FN2O.C2H6/c1-10(2)19-13-5-7-18(3)6-4-12(13)16-14(19)8-11(17)9-15(16)20;1-2/h8-10,20H,4-7H2,1-3H3;1-2H3. The number of fused-ring (bicyclic) bond motifs is 3. The molecule has 0 radical (unpaired) electrons. The third kappa shape index (κ3) is 2.84. The van der Waals surface area contributed by atoms with E-state index in [0.29, 0.717) is 0 Å². The maximum Gasteiger partial charge on any atom is 0.129 e. The average molecular weight is 306 g/mol. The predicted molar refractivity (Wildman–Crippen MR) is 90.2 cm³/mol. The summed E-state index contributed by atoms with van der Waals surface area (Å²) in [6.07, 6.45) is 1.85. The highest BCUT2D eigenvalue weighted by molar-refractivity contribution is 5.91. The monoisotopic (exact) mass is 306 g/mol. The molecule has 0 saturated heterocycles. The lowest BCUT2D eigenvalue weighted by molar-refractivity contribution is 0.350. The van der Waals surface area contributed by atoms with E-state index in [2.05, 4.69) is 30.4 Å². The third-order valence-corrected chi connectivity index (χ3v) is 4.25. The molecule has 0 saturated carbocycles. The minimum Gasteiger partial charge on any atom is -0.507 e. The number of likely N-dealkylation sites (N-methyl/N-ethyl adjacent to an activating group) is 1. The van der Waals surface area contributed by atoms with E-state index in [1.807, 2.05) is 13.8 Å². The van der Waals surface area contributed by atoms with E-state index < -0.39 is 0 Å². The Morgan fingerprint density at radius 1 is 1.14 bits per heavy atom. The van der Waals surface area contributed by atoms with Gasteiger partial charge in [0.15, 0.2) is 0 Å². The molecule has 0 atom stereocenters. The van der Waals surface area contributed by atoms with Crippen LogP contribution in [0.1, 0.15) is 45.0 Å². The van der Waals surface area contributed by atoms with Gasteiger partial charge in [0.25, 0.3) is 0 Å². The number of hydrogen-bond acceptors (Lipinski definition) is 2. The van der Waals surface area contributed by atoms with Gasteiger partial charge in [-0.3, -0.25) is 0 Å². The van der Waals surface area contributed by atoms with E-state index in [9.17, 15) is 9.50 Å². The highest BCUT2D eigenvalue weighted by Crippen LogP contribution is 2.37. The molecule has 1 aromatic carbocycles. The van der Waals surface area contributed by atoms with Crippen molar-refractivity contribution in [2.45, 2.75) is 46.6 Å². The first-order valence-electron chi connectivity index (χ1n) is 8.21.